The van der Waals surface area contributed by atoms with Crippen molar-refractivity contribution >= 4 is 0 Å². The Bertz CT molecular complexity index is 231. The summed E-state index contributed by atoms with van der Waals surface area (Å²) in [4.78, 5) is 2.59. The summed E-state index contributed by atoms with van der Waals surface area (Å²) >= 11 is 0. The lowest BCUT2D eigenvalue weighted by molar-refractivity contribution is 0.159. The van der Waals surface area contributed by atoms with Crippen LogP contribution in [0.5, 0.6) is 0 Å². The molecule has 1 atom stereocenters. The molecule has 0 aromatic rings. The van der Waals surface area contributed by atoms with Gasteiger partial charge in [-0.1, -0.05) is 47.0 Å². The fraction of sp³-hybridized carbons (Fsp3) is 1.00. The van der Waals surface area contributed by atoms with Crippen molar-refractivity contribution in [2.75, 3.05) is 32.8 Å². The van der Waals surface area contributed by atoms with Crippen LogP contribution in [-0.4, -0.2) is 48.3 Å². The molecule has 0 aliphatic carbocycles. The van der Waals surface area contributed by atoms with Crippen molar-refractivity contribution in [3.63, 3.8) is 0 Å². The van der Waals surface area contributed by atoms with E-state index in [-0.39, 0.29) is 12.1 Å². The second-order valence-electron chi connectivity index (χ2n) is 6.68. The highest BCUT2D eigenvalue weighted by atomic mass is 16.3. The third-order valence-corrected chi connectivity index (χ3v) is 4.72. The molecular weight excluding hydrogens is 260 g/mol. The zero-order valence-corrected chi connectivity index (χ0v) is 15.2. The maximum absolute atomic E-state index is 9.58. The highest BCUT2D eigenvalue weighted by molar-refractivity contribution is 4.82. The van der Waals surface area contributed by atoms with Crippen molar-refractivity contribution in [1.82, 2.24) is 10.2 Å². The van der Waals surface area contributed by atoms with Crippen molar-refractivity contribution in [3.05, 3.63) is 0 Å². The minimum Gasteiger partial charge on any atom is -0.394 e. The summed E-state index contributed by atoms with van der Waals surface area (Å²) < 4.78 is 0. The van der Waals surface area contributed by atoms with Crippen LogP contribution in [0.1, 0.15) is 73.1 Å². The van der Waals surface area contributed by atoms with Crippen molar-refractivity contribution in [1.29, 1.82) is 0 Å². The molecule has 0 saturated heterocycles. The molecule has 0 bridgehead atoms. The summed E-state index contributed by atoms with van der Waals surface area (Å²) in [6.07, 6.45) is 7.18. The summed E-state index contributed by atoms with van der Waals surface area (Å²) in [5.41, 5.74) is -0.0948. The first kappa shape index (κ1) is 20.9. The molecule has 0 saturated carbocycles. The average Bonchev–Trinajstić information content (AvgIpc) is 2.52. The van der Waals surface area contributed by atoms with Crippen LogP contribution < -0.4 is 5.32 Å². The Labute approximate surface area is 133 Å². The van der Waals surface area contributed by atoms with Gasteiger partial charge in [0, 0.05) is 12.1 Å². The normalized spacial score (nSPS) is 14.9. The predicted octanol–water partition coefficient (Wildman–Crippen LogP) is 3.67. The minimum atomic E-state index is -0.0948. The van der Waals surface area contributed by atoms with Gasteiger partial charge in [0.25, 0.3) is 0 Å². The average molecular weight is 301 g/mol. The predicted molar refractivity (Wildman–Crippen MR) is 93.8 cm³/mol. The molecule has 0 aromatic carbocycles. The fourth-order valence-corrected chi connectivity index (χ4v) is 2.79. The SMILES string of the molecule is CCCNC(C)(CO)CCCCN(CC)CC(CC)CC. The van der Waals surface area contributed by atoms with Gasteiger partial charge in [-0.25, -0.2) is 0 Å². The Morgan fingerprint density at radius 3 is 2.24 bits per heavy atom. The van der Waals surface area contributed by atoms with E-state index in [0.29, 0.717) is 0 Å². The third kappa shape index (κ3) is 9.49. The maximum Gasteiger partial charge on any atom is 0.0610 e. The van der Waals surface area contributed by atoms with E-state index in [1.54, 1.807) is 0 Å². The second kappa shape index (κ2) is 12.4. The molecule has 21 heavy (non-hydrogen) atoms. The highest BCUT2D eigenvalue weighted by Gasteiger charge is 2.21. The van der Waals surface area contributed by atoms with Crippen LogP contribution in [0, 0.1) is 5.92 Å². The standard InChI is InChI=1S/C18H40N2O/c1-6-13-19-18(5,16-21)12-10-11-14-20(9-4)15-17(7-2)8-3/h17,19,21H,6-16H2,1-5H3. The minimum absolute atomic E-state index is 0.0948. The van der Waals surface area contributed by atoms with E-state index in [1.807, 2.05) is 0 Å². The van der Waals surface area contributed by atoms with Crippen molar-refractivity contribution < 1.29 is 5.11 Å². The molecule has 0 spiro atoms. The Morgan fingerprint density at radius 1 is 1.10 bits per heavy atom. The molecule has 3 heteroatoms. The quantitative estimate of drug-likeness (QED) is 0.481. The van der Waals surface area contributed by atoms with E-state index < -0.39 is 0 Å². The lowest BCUT2D eigenvalue weighted by atomic mass is 9.95. The summed E-state index contributed by atoms with van der Waals surface area (Å²) in [7, 11) is 0. The smallest absolute Gasteiger partial charge is 0.0610 e. The van der Waals surface area contributed by atoms with Crippen LogP contribution in [0.3, 0.4) is 0 Å². The van der Waals surface area contributed by atoms with E-state index >= 15 is 0 Å². The van der Waals surface area contributed by atoms with Crippen LogP contribution >= 0.6 is 0 Å². The van der Waals surface area contributed by atoms with E-state index in [1.165, 1.54) is 38.8 Å². The molecular formula is C18H40N2O. The number of aliphatic hydroxyl groups excluding tert-OH is 1. The highest BCUT2D eigenvalue weighted by Crippen LogP contribution is 2.15. The van der Waals surface area contributed by atoms with Gasteiger partial charge in [0.1, 0.15) is 0 Å². The van der Waals surface area contributed by atoms with Gasteiger partial charge in [-0.05, 0) is 51.7 Å². The van der Waals surface area contributed by atoms with Gasteiger partial charge in [0.05, 0.1) is 6.61 Å². The molecule has 3 nitrogen and oxygen atoms in total. The number of unbranched alkanes of at least 4 members (excludes halogenated alkanes) is 1. The molecule has 0 radical (unpaired) electrons. The molecule has 0 rings (SSSR count). The third-order valence-electron chi connectivity index (χ3n) is 4.72. The van der Waals surface area contributed by atoms with Crippen LogP contribution in [0.15, 0.2) is 0 Å². The Kier molecular flexibility index (Phi) is 12.4. The van der Waals surface area contributed by atoms with E-state index in [0.717, 1.165) is 31.8 Å². The van der Waals surface area contributed by atoms with Crippen molar-refractivity contribution in [2.45, 2.75) is 78.7 Å². The van der Waals surface area contributed by atoms with Crippen LogP contribution in [0.4, 0.5) is 0 Å². The molecule has 0 aliphatic heterocycles. The van der Waals surface area contributed by atoms with Gasteiger partial charge in [-0.15, -0.1) is 0 Å². The van der Waals surface area contributed by atoms with Crippen LogP contribution in [0.25, 0.3) is 0 Å². The van der Waals surface area contributed by atoms with Gasteiger partial charge >= 0.3 is 0 Å². The second-order valence-corrected chi connectivity index (χ2v) is 6.68. The summed E-state index contributed by atoms with van der Waals surface area (Å²) in [6.45, 7) is 16.0. The largest absolute Gasteiger partial charge is 0.394 e. The van der Waals surface area contributed by atoms with Crippen LogP contribution in [-0.2, 0) is 0 Å². The lowest BCUT2D eigenvalue weighted by Crippen LogP contribution is -2.46. The number of nitrogens with one attached hydrogen (secondary N) is 1. The molecule has 0 aliphatic rings. The number of aliphatic hydroxyl groups is 1. The van der Waals surface area contributed by atoms with Gasteiger partial charge in [-0.2, -0.15) is 0 Å². The van der Waals surface area contributed by atoms with Crippen LogP contribution in [0.2, 0.25) is 0 Å². The number of nitrogens with zero attached hydrogens (tertiary/aromatic N) is 1. The summed E-state index contributed by atoms with van der Waals surface area (Å²) in [6, 6.07) is 0. The van der Waals surface area contributed by atoms with E-state index in [4.69, 9.17) is 0 Å². The Hall–Kier alpha value is -0.120. The van der Waals surface area contributed by atoms with Gasteiger partial charge in [0.2, 0.25) is 0 Å². The lowest BCUT2D eigenvalue weighted by Gasteiger charge is -2.30. The molecule has 2 N–H and O–H groups in total. The number of rotatable bonds is 14. The topological polar surface area (TPSA) is 35.5 Å². The zero-order valence-electron chi connectivity index (χ0n) is 15.2. The Morgan fingerprint density at radius 2 is 1.76 bits per heavy atom. The number of hydrogen-bond donors (Lipinski definition) is 2. The van der Waals surface area contributed by atoms with Gasteiger partial charge in [-0.3, -0.25) is 0 Å². The first-order valence-electron chi connectivity index (χ1n) is 9.13. The van der Waals surface area contributed by atoms with Gasteiger partial charge < -0.3 is 15.3 Å². The first-order chi connectivity index (χ1) is 10.0. The van der Waals surface area contributed by atoms with Crippen molar-refractivity contribution in [2.24, 2.45) is 5.92 Å². The summed E-state index contributed by atoms with van der Waals surface area (Å²) in [5, 5.41) is 13.1. The van der Waals surface area contributed by atoms with E-state index in [2.05, 4.69) is 44.8 Å². The molecule has 128 valence electrons. The monoisotopic (exact) mass is 300 g/mol. The first-order valence-corrected chi connectivity index (χ1v) is 9.13. The molecule has 0 fully saturated rings. The van der Waals surface area contributed by atoms with Gasteiger partial charge in [0.15, 0.2) is 0 Å². The van der Waals surface area contributed by atoms with E-state index in [9.17, 15) is 5.11 Å². The van der Waals surface area contributed by atoms with Crippen molar-refractivity contribution in [3.8, 4) is 0 Å². The zero-order chi connectivity index (χ0) is 16.1. The molecule has 0 heterocycles. The Balaban J connectivity index is 3.98. The molecule has 0 amide bonds. The maximum atomic E-state index is 9.58. The summed E-state index contributed by atoms with van der Waals surface area (Å²) in [5.74, 6) is 0.846. The molecule has 0 aromatic heterocycles. The fourth-order valence-electron chi connectivity index (χ4n) is 2.79. The number of hydrogen-bond acceptors (Lipinski definition) is 3. The molecule has 1 unspecified atom stereocenters.